The normalized spacial score (nSPS) is 18.6. The first-order valence-electron chi connectivity index (χ1n) is 7.17. The topological polar surface area (TPSA) is 57.6 Å². The monoisotopic (exact) mass is 347 g/mol. The third kappa shape index (κ3) is 4.09. The van der Waals surface area contributed by atoms with Crippen molar-refractivity contribution in [1.29, 1.82) is 0 Å². The second-order valence-corrected chi connectivity index (χ2v) is 6.79. The Balaban J connectivity index is 2.25. The van der Waals surface area contributed by atoms with Crippen LogP contribution in [-0.2, 0) is 9.59 Å². The van der Waals surface area contributed by atoms with E-state index in [2.05, 4.69) is 0 Å². The lowest BCUT2D eigenvalue weighted by Gasteiger charge is -2.21. The first-order chi connectivity index (χ1) is 10.9. The van der Waals surface area contributed by atoms with Crippen molar-refractivity contribution in [2.45, 2.75) is 26.3 Å². The van der Waals surface area contributed by atoms with Gasteiger partial charge in [0.1, 0.15) is 10.4 Å². The fourth-order valence-electron chi connectivity index (χ4n) is 2.28. The highest BCUT2D eigenvalue weighted by molar-refractivity contribution is 8.26. The summed E-state index contributed by atoms with van der Waals surface area (Å²) in [5.41, 5.74) is 1.94. The van der Waals surface area contributed by atoms with Crippen LogP contribution in [0.25, 0.3) is 6.08 Å². The molecule has 1 aromatic carbocycles. The maximum absolute atomic E-state index is 12.5. The Morgan fingerprint density at radius 2 is 2.04 bits per heavy atom. The van der Waals surface area contributed by atoms with Gasteiger partial charge in [-0.25, -0.2) is 4.79 Å². The molecule has 0 aliphatic carbocycles. The number of carbonyl (C=O) groups is 2. The number of allylic oxidation sites excluding steroid dienone is 2. The third-order valence-corrected chi connectivity index (χ3v) is 4.69. The van der Waals surface area contributed by atoms with Crippen LogP contribution in [0.5, 0.6) is 0 Å². The maximum Gasteiger partial charge on any atom is 0.326 e. The molecule has 1 aliphatic rings. The summed E-state index contributed by atoms with van der Waals surface area (Å²) in [4.78, 5) is 25.4. The molecule has 1 aliphatic heterocycles. The van der Waals surface area contributed by atoms with E-state index in [0.29, 0.717) is 15.6 Å². The van der Waals surface area contributed by atoms with Crippen LogP contribution < -0.4 is 0 Å². The van der Waals surface area contributed by atoms with Gasteiger partial charge in [-0.2, -0.15) is 0 Å². The van der Waals surface area contributed by atoms with Crippen molar-refractivity contribution < 1.29 is 14.7 Å². The van der Waals surface area contributed by atoms with E-state index in [0.717, 1.165) is 22.9 Å². The van der Waals surface area contributed by atoms with Crippen molar-refractivity contribution >= 4 is 46.3 Å². The standard InChI is InChI=1S/C17H17NO3S2/c1-3-13(16(20)21)18-15(19)14(23-17(18)22)10-11(2)9-12-7-5-4-6-8-12/h4-10,13H,3H2,1-2H3,(H,20,21)/b11-9-,14-10+. The van der Waals surface area contributed by atoms with Crippen LogP contribution in [0.3, 0.4) is 0 Å². The summed E-state index contributed by atoms with van der Waals surface area (Å²) in [5, 5.41) is 9.24. The Morgan fingerprint density at radius 1 is 1.39 bits per heavy atom. The molecule has 23 heavy (non-hydrogen) atoms. The molecule has 2 rings (SSSR count). The Hall–Kier alpha value is -1.92. The highest BCUT2D eigenvalue weighted by Gasteiger charge is 2.39. The van der Waals surface area contributed by atoms with Gasteiger partial charge >= 0.3 is 5.97 Å². The van der Waals surface area contributed by atoms with Crippen LogP contribution in [-0.4, -0.2) is 32.2 Å². The lowest BCUT2D eigenvalue weighted by molar-refractivity contribution is -0.145. The number of amides is 1. The smallest absolute Gasteiger partial charge is 0.326 e. The largest absolute Gasteiger partial charge is 0.480 e. The second-order valence-electron chi connectivity index (χ2n) is 5.11. The number of carboxylic acid groups (broad SMARTS) is 1. The fourth-order valence-corrected chi connectivity index (χ4v) is 3.68. The van der Waals surface area contributed by atoms with Gasteiger partial charge in [-0.15, -0.1) is 0 Å². The molecule has 1 atom stereocenters. The van der Waals surface area contributed by atoms with Gasteiger partial charge in [0, 0.05) is 0 Å². The summed E-state index contributed by atoms with van der Waals surface area (Å²) in [7, 11) is 0. The molecule has 6 heteroatoms. The molecule has 1 N–H and O–H groups in total. The maximum atomic E-state index is 12.5. The Morgan fingerprint density at radius 3 is 2.61 bits per heavy atom. The van der Waals surface area contributed by atoms with Crippen molar-refractivity contribution in [1.82, 2.24) is 4.90 Å². The zero-order chi connectivity index (χ0) is 17.0. The van der Waals surface area contributed by atoms with E-state index in [4.69, 9.17) is 12.2 Å². The number of nitrogens with zero attached hydrogens (tertiary/aromatic N) is 1. The van der Waals surface area contributed by atoms with Gasteiger partial charge in [0.25, 0.3) is 5.91 Å². The molecule has 1 saturated heterocycles. The van der Waals surface area contributed by atoms with E-state index >= 15 is 0 Å². The molecule has 0 radical (unpaired) electrons. The minimum absolute atomic E-state index is 0.294. The van der Waals surface area contributed by atoms with E-state index < -0.39 is 12.0 Å². The molecule has 1 unspecified atom stereocenters. The van der Waals surface area contributed by atoms with Crippen molar-refractivity contribution in [3.05, 3.63) is 52.4 Å². The van der Waals surface area contributed by atoms with E-state index in [-0.39, 0.29) is 5.91 Å². The zero-order valence-corrected chi connectivity index (χ0v) is 14.5. The quantitative estimate of drug-likeness (QED) is 0.650. The van der Waals surface area contributed by atoms with Crippen LogP contribution >= 0.6 is 24.0 Å². The zero-order valence-electron chi connectivity index (χ0n) is 12.9. The van der Waals surface area contributed by atoms with Gasteiger partial charge in [-0.1, -0.05) is 67.3 Å². The van der Waals surface area contributed by atoms with Crippen molar-refractivity contribution in [2.24, 2.45) is 0 Å². The van der Waals surface area contributed by atoms with E-state index in [9.17, 15) is 14.7 Å². The number of thiocarbonyl (C=S) groups is 1. The number of rotatable bonds is 5. The summed E-state index contributed by atoms with van der Waals surface area (Å²) >= 11 is 6.33. The predicted molar refractivity (Wildman–Crippen MR) is 96.9 cm³/mol. The molecule has 1 amide bonds. The van der Waals surface area contributed by atoms with Crippen LogP contribution in [0.15, 0.2) is 46.9 Å². The minimum Gasteiger partial charge on any atom is -0.480 e. The number of carbonyl (C=O) groups excluding carboxylic acids is 1. The molecule has 120 valence electrons. The average molecular weight is 347 g/mol. The Bertz CT molecular complexity index is 695. The first-order valence-corrected chi connectivity index (χ1v) is 8.39. The second kappa shape index (κ2) is 7.57. The number of benzene rings is 1. The fraction of sp³-hybridized carbons (Fsp3) is 0.235. The summed E-state index contributed by atoms with van der Waals surface area (Å²) in [6, 6.07) is 8.86. The van der Waals surface area contributed by atoms with Crippen LogP contribution in [0, 0.1) is 0 Å². The molecule has 1 fully saturated rings. The van der Waals surface area contributed by atoms with Crippen molar-refractivity contribution in [3.63, 3.8) is 0 Å². The van der Waals surface area contributed by atoms with Crippen molar-refractivity contribution in [3.8, 4) is 0 Å². The molecule has 4 nitrogen and oxygen atoms in total. The SMILES string of the molecule is CCC(C(=O)O)N1C(=O)/C(=C\C(C)=C/c2ccccc2)SC1=S. The molecule has 0 aromatic heterocycles. The molecule has 0 bridgehead atoms. The average Bonchev–Trinajstić information content (AvgIpc) is 2.76. The van der Waals surface area contributed by atoms with Crippen LogP contribution in [0.1, 0.15) is 25.8 Å². The highest BCUT2D eigenvalue weighted by Crippen LogP contribution is 2.34. The van der Waals surface area contributed by atoms with Gasteiger partial charge in [0.2, 0.25) is 0 Å². The van der Waals surface area contributed by atoms with E-state index in [1.807, 2.05) is 43.3 Å². The third-order valence-electron chi connectivity index (χ3n) is 3.36. The molecule has 0 spiro atoms. The Labute approximate surface area is 144 Å². The highest BCUT2D eigenvalue weighted by atomic mass is 32.2. The Kier molecular flexibility index (Phi) is 5.74. The number of thioether (sulfide) groups is 1. The number of carboxylic acids is 1. The van der Waals surface area contributed by atoms with Crippen molar-refractivity contribution in [2.75, 3.05) is 0 Å². The van der Waals surface area contributed by atoms with E-state index in [1.54, 1.807) is 13.0 Å². The predicted octanol–water partition coefficient (Wildman–Crippen LogP) is 3.70. The van der Waals surface area contributed by atoms with Crippen LogP contribution in [0.4, 0.5) is 0 Å². The summed E-state index contributed by atoms with van der Waals surface area (Å²) in [6.45, 7) is 3.62. The number of hydrogen-bond donors (Lipinski definition) is 1. The molecule has 1 aromatic rings. The lowest BCUT2D eigenvalue weighted by atomic mass is 10.1. The molecule has 1 heterocycles. The number of aliphatic carboxylic acids is 1. The van der Waals surface area contributed by atoms with Gasteiger partial charge in [-0.05, 0) is 30.6 Å². The summed E-state index contributed by atoms with van der Waals surface area (Å²) in [6.07, 6.45) is 4.02. The van der Waals surface area contributed by atoms with E-state index in [1.165, 1.54) is 4.90 Å². The summed E-state index contributed by atoms with van der Waals surface area (Å²) < 4.78 is 0.294. The van der Waals surface area contributed by atoms with Crippen LogP contribution in [0.2, 0.25) is 0 Å². The molecular weight excluding hydrogens is 330 g/mol. The van der Waals surface area contributed by atoms with Gasteiger partial charge in [0.15, 0.2) is 0 Å². The molecular formula is C17H17NO3S2. The molecule has 0 saturated carbocycles. The minimum atomic E-state index is -1.04. The first kappa shape index (κ1) is 17.4. The number of hydrogen-bond acceptors (Lipinski definition) is 4. The summed E-state index contributed by atoms with van der Waals surface area (Å²) in [5.74, 6) is -1.38. The van der Waals surface area contributed by atoms with Gasteiger partial charge in [0.05, 0.1) is 4.91 Å². The lowest BCUT2D eigenvalue weighted by Crippen LogP contribution is -2.43. The van der Waals surface area contributed by atoms with Gasteiger partial charge in [-0.3, -0.25) is 9.69 Å². The van der Waals surface area contributed by atoms with Gasteiger partial charge < -0.3 is 5.11 Å².